The van der Waals surface area contributed by atoms with Crippen LogP contribution in [0.2, 0.25) is 10.0 Å². The van der Waals surface area contributed by atoms with Crippen molar-refractivity contribution >= 4 is 35.0 Å². The van der Waals surface area contributed by atoms with Gasteiger partial charge in [0.15, 0.2) is 23.1 Å². The zero-order valence-corrected chi connectivity index (χ0v) is 28.4. The van der Waals surface area contributed by atoms with Crippen molar-refractivity contribution in [2.75, 3.05) is 27.4 Å². The van der Waals surface area contributed by atoms with Gasteiger partial charge in [-0.2, -0.15) is 0 Å². The van der Waals surface area contributed by atoms with E-state index in [0.717, 1.165) is 16.7 Å². The van der Waals surface area contributed by atoms with Gasteiger partial charge in [-0.05, 0) is 70.8 Å². The normalized spacial score (nSPS) is 16.6. The summed E-state index contributed by atoms with van der Waals surface area (Å²) in [5.74, 6) is 1.50. The maximum absolute atomic E-state index is 14.7. The predicted molar refractivity (Wildman–Crippen MR) is 188 cm³/mol. The van der Waals surface area contributed by atoms with Crippen molar-refractivity contribution in [3.63, 3.8) is 0 Å². The number of amides is 1. The van der Waals surface area contributed by atoms with Crippen LogP contribution >= 0.6 is 23.2 Å². The molecule has 4 aromatic rings. The Bertz CT molecular complexity index is 1870. The lowest BCUT2D eigenvalue weighted by Gasteiger charge is -2.32. The van der Waals surface area contributed by atoms with Crippen molar-refractivity contribution in [2.24, 2.45) is 10.1 Å². The Morgan fingerprint density at radius 1 is 1.02 bits per heavy atom. The zero-order valence-electron chi connectivity index (χ0n) is 26.9. The van der Waals surface area contributed by atoms with Gasteiger partial charge in [0.2, 0.25) is 5.90 Å². The van der Waals surface area contributed by atoms with Gasteiger partial charge in [-0.1, -0.05) is 64.7 Å². The Morgan fingerprint density at radius 3 is 2.47 bits per heavy atom. The fraction of sp³-hybridized carbons (Fsp3) is 0.278. The minimum atomic E-state index is -1.58. The Morgan fingerprint density at radius 2 is 1.78 bits per heavy atom. The number of nitrogens with one attached hydrogen (secondary N) is 1. The van der Waals surface area contributed by atoms with Gasteiger partial charge in [-0.25, -0.2) is 4.99 Å². The third-order valence-corrected chi connectivity index (χ3v) is 8.62. The Hall–Kier alpha value is -4.93. The van der Waals surface area contributed by atoms with E-state index in [1.807, 2.05) is 30.3 Å². The van der Waals surface area contributed by atoms with Gasteiger partial charge in [-0.15, -0.1) is 0 Å². The number of halogens is 2. The second-order valence-electron chi connectivity index (χ2n) is 11.2. The Labute approximate surface area is 294 Å². The number of methoxy groups -OCH3 is 2. The standard InChI is InChI=1S/C36H35Cl2N5O6/c1-46-31-15-8-23(18-32(31)47-2)21-40-35(45)36(20-25-6-3-4-7-26(25)22-41-43-39)33(29-14-11-27(37)19-30(29)38)49-34(42-36)24-9-12-28(13-10-24)48-17-5-16-44/h3-4,6-15,18-19,33,44H,5,16-17,20-22H2,1-2H3,(H,40,45)/t33-,36-/m1/s1. The molecule has 5 rings (SSSR count). The van der Waals surface area contributed by atoms with E-state index in [1.165, 1.54) is 0 Å². The summed E-state index contributed by atoms with van der Waals surface area (Å²) in [5.41, 5.74) is 10.9. The average molecular weight is 705 g/mol. The van der Waals surface area contributed by atoms with E-state index in [9.17, 15) is 4.79 Å². The van der Waals surface area contributed by atoms with Crippen molar-refractivity contribution in [1.82, 2.24) is 5.32 Å². The Kier molecular flexibility index (Phi) is 11.9. The molecule has 13 heteroatoms. The van der Waals surface area contributed by atoms with Gasteiger partial charge in [0.05, 0.1) is 27.4 Å². The van der Waals surface area contributed by atoms with Crippen LogP contribution in [0.4, 0.5) is 0 Å². The van der Waals surface area contributed by atoms with E-state index in [2.05, 4.69) is 15.3 Å². The van der Waals surface area contributed by atoms with Gasteiger partial charge in [0, 0.05) is 52.1 Å². The third kappa shape index (κ3) is 8.21. The van der Waals surface area contributed by atoms with Crippen molar-refractivity contribution in [3.05, 3.63) is 133 Å². The molecular weight excluding hydrogens is 669 g/mol. The fourth-order valence-electron chi connectivity index (χ4n) is 5.58. The van der Waals surface area contributed by atoms with Crippen LogP contribution < -0.4 is 19.5 Å². The maximum atomic E-state index is 14.7. The smallest absolute Gasteiger partial charge is 0.252 e. The summed E-state index contributed by atoms with van der Waals surface area (Å²) < 4.78 is 23.2. The van der Waals surface area contributed by atoms with Gasteiger partial charge in [-0.3, -0.25) is 4.79 Å². The minimum absolute atomic E-state index is 0.0273. The summed E-state index contributed by atoms with van der Waals surface area (Å²) in [6.07, 6.45) is -0.397. The van der Waals surface area contributed by atoms with Crippen LogP contribution in [0.25, 0.3) is 10.4 Å². The first-order valence-corrected chi connectivity index (χ1v) is 16.2. The summed E-state index contributed by atoms with van der Waals surface area (Å²) in [6, 6.07) is 24.9. The van der Waals surface area contributed by atoms with Gasteiger partial charge in [0.1, 0.15) is 5.75 Å². The van der Waals surface area contributed by atoms with E-state index < -0.39 is 17.6 Å². The third-order valence-electron chi connectivity index (χ3n) is 8.06. The molecule has 2 atom stereocenters. The summed E-state index contributed by atoms with van der Waals surface area (Å²) in [6.45, 7) is 0.618. The zero-order chi connectivity index (χ0) is 34.8. The second kappa shape index (κ2) is 16.5. The highest BCUT2D eigenvalue weighted by Crippen LogP contribution is 2.45. The van der Waals surface area contributed by atoms with Crippen molar-refractivity contribution in [1.29, 1.82) is 0 Å². The Balaban J connectivity index is 1.61. The molecule has 49 heavy (non-hydrogen) atoms. The maximum Gasteiger partial charge on any atom is 0.252 e. The lowest BCUT2D eigenvalue weighted by atomic mass is 9.80. The monoisotopic (exact) mass is 703 g/mol. The first-order valence-electron chi connectivity index (χ1n) is 15.4. The molecule has 1 aliphatic heterocycles. The highest BCUT2D eigenvalue weighted by atomic mass is 35.5. The van der Waals surface area contributed by atoms with Crippen LogP contribution in [-0.4, -0.2) is 49.9 Å². The number of hydrogen-bond donors (Lipinski definition) is 2. The largest absolute Gasteiger partial charge is 0.494 e. The molecule has 0 aromatic heterocycles. The molecule has 1 aliphatic rings. The number of ether oxygens (including phenoxy) is 4. The van der Waals surface area contributed by atoms with E-state index in [-0.39, 0.29) is 32.0 Å². The number of carbonyl (C=O) groups excluding carboxylic acids is 1. The van der Waals surface area contributed by atoms with E-state index in [0.29, 0.717) is 51.4 Å². The molecule has 0 fully saturated rings. The molecule has 1 heterocycles. The molecule has 0 unspecified atom stereocenters. The van der Waals surface area contributed by atoms with E-state index >= 15 is 0 Å². The number of hydrogen-bond acceptors (Lipinski definition) is 8. The molecule has 1 amide bonds. The molecule has 0 radical (unpaired) electrons. The van der Waals surface area contributed by atoms with Crippen LogP contribution in [0.3, 0.4) is 0 Å². The number of benzene rings is 4. The molecule has 11 nitrogen and oxygen atoms in total. The molecule has 2 N–H and O–H groups in total. The first-order chi connectivity index (χ1) is 23.8. The van der Waals surface area contributed by atoms with Crippen LogP contribution in [0.5, 0.6) is 17.2 Å². The average Bonchev–Trinajstić information content (AvgIpc) is 3.50. The summed E-state index contributed by atoms with van der Waals surface area (Å²) in [5, 5.41) is 16.7. The number of carbonyl (C=O) groups is 1. The molecule has 0 spiro atoms. The summed E-state index contributed by atoms with van der Waals surface area (Å²) in [4.78, 5) is 22.7. The van der Waals surface area contributed by atoms with E-state index in [4.69, 9.17) is 57.8 Å². The number of rotatable bonds is 15. The van der Waals surface area contributed by atoms with Gasteiger partial charge in [0.25, 0.3) is 5.91 Å². The molecular formula is C36H35Cl2N5O6. The second-order valence-corrected chi connectivity index (χ2v) is 12.0. The topological polar surface area (TPSA) is 147 Å². The molecule has 4 aromatic carbocycles. The van der Waals surface area contributed by atoms with Crippen LogP contribution in [0, 0.1) is 0 Å². The number of aliphatic hydroxyl groups excluding tert-OH is 1. The van der Waals surface area contributed by atoms with Crippen molar-refractivity contribution < 1.29 is 28.8 Å². The van der Waals surface area contributed by atoms with Gasteiger partial charge < -0.3 is 29.4 Å². The van der Waals surface area contributed by atoms with E-state index in [1.54, 1.807) is 68.8 Å². The van der Waals surface area contributed by atoms with Crippen LogP contribution in [0.15, 0.2) is 95.0 Å². The number of nitrogens with zero attached hydrogens (tertiary/aromatic N) is 4. The number of aliphatic imine (C=N–C) groups is 1. The molecule has 0 bridgehead atoms. The fourth-order valence-corrected chi connectivity index (χ4v) is 6.09. The SMILES string of the molecule is COc1ccc(CNC(=O)[C@]2(Cc3ccccc3CN=[N+]=[N-])N=C(c3ccc(OCCCO)cc3)O[C@@H]2c2ccc(Cl)cc2Cl)cc1OC. The lowest BCUT2D eigenvalue weighted by molar-refractivity contribution is -0.129. The number of azide groups is 1. The summed E-state index contributed by atoms with van der Waals surface area (Å²) >= 11 is 13.1. The molecule has 0 saturated heterocycles. The predicted octanol–water partition coefficient (Wildman–Crippen LogP) is 7.40. The summed E-state index contributed by atoms with van der Waals surface area (Å²) in [7, 11) is 3.10. The number of aliphatic hydroxyl groups is 1. The quantitative estimate of drug-likeness (QED) is 0.0571. The van der Waals surface area contributed by atoms with Gasteiger partial charge >= 0.3 is 0 Å². The molecule has 0 aliphatic carbocycles. The lowest BCUT2D eigenvalue weighted by Crippen LogP contribution is -2.50. The first kappa shape index (κ1) is 35.4. The molecule has 0 saturated carbocycles. The van der Waals surface area contributed by atoms with Crippen LogP contribution in [-0.2, 0) is 29.0 Å². The molecule has 254 valence electrons. The highest BCUT2D eigenvalue weighted by molar-refractivity contribution is 6.35. The highest BCUT2D eigenvalue weighted by Gasteiger charge is 2.54. The van der Waals surface area contributed by atoms with Crippen molar-refractivity contribution in [3.8, 4) is 17.2 Å². The minimum Gasteiger partial charge on any atom is -0.494 e. The van der Waals surface area contributed by atoms with Crippen molar-refractivity contribution in [2.45, 2.75) is 37.6 Å². The van der Waals surface area contributed by atoms with Crippen LogP contribution in [0.1, 0.15) is 40.3 Å².